The Bertz CT molecular complexity index is 739. The maximum atomic E-state index is 13.1. The van der Waals surface area contributed by atoms with Gasteiger partial charge in [-0.15, -0.1) is 0 Å². The molecule has 25 heavy (non-hydrogen) atoms. The molecule has 1 amide bonds. The molecule has 2 saturated heterocycles. The lowest BCUT2D eigenvalue weighted by Crippen LogP contribution is -2.40. The largest absolute Gasteiger partial charge is 0.463 e. The zero-order chi connectivity index (χ0) is 17.8. The lowest BCUT2D eigenvalue weighted by molar-refractivity contribution is -0.156. The molecular formula is C20H23NO4. The smallest absolute Gasteiger partial charge is 0.313 e. The lowest BCUT2D eigenvalue weighted by Gasteiger charge is -2.23. The minimum Gasteiger partial charge on any atom is -0.463 e. The fourth-order valence-electron chi connectivity index (χ4n) is 4.21. The van der Waals surface area contributed by atoms with Crippen LogP contribution in [0.5, 0.6) is 0 Å². The van der Waals surface area contributed by atoms with E-state index in [2.05, 4.69) is 6.92 Å². The Balaban J connectivity index is 1.64. The number of esters is 1. The predicted octanol–water partition coefficient (Wildman–Crippen LogP) is 2.49. The second kappa shape index (κ2) is 5.70. The second-order valence-electron chi connectivity index (χ2n) is 7.33. The van der Waals surface area contributed by atoms with Crippen LogP contribution in [-0.4, -0.2) is 36.2 Å². The van der Waals surface area contributed by atoms with E-state index in [-0.39, 0.29) is 24.1 Å². The summed E-state index contributed by atoms with van der Waals surface area (Å²) in [5.74, 6) is -1.45. The molecule has 5 nitrogen and oxygen atoms in total. The Kier molecular flexibility index (Phi) is 3.72. The normalized spacial score (nSPS) is 32.6. The lowest BCUT2D eigenvalue weighted by atomic mass is 9.77. The summed E-state index contributed by atoms with van der Waals surface area (Å²) in [5, 5.41) is 0. The Morgan fingerprint density at radius 1 is 1.36 bits per heavy atom. The van der Waals surface area contributed by atoms with Crippen molar-refractivity contribution in [2.45, 2.75) is 45.0 Å². The van der Waals surface area contributed by atoms with E-state index >= 15 is 0 Å². The van der Waals surface area contributed by atoms with Crippen LogP contribution >= 0.6 is 0 Å². The standard InChI is InChI=1S/C20H23NO4/c1-4-13-5-7-14(8-6-13)21-11-20-10-9-15(25-20)16(17(20)18(21)22)19(23)24-12(2)3/h5-10,12,15-17H,4,11H2,1-3H3/t15-,16+,17-,20-/m1/s1. The van der Waals surface area contributed by atoms with Gasteiger partial charge in [-0.25, -0.2) is 0 Å². The quantitative estimate of drug-likeness (QED) is 0.624. The minimum absolute atomic E-state index is 0.0539. The summed E-state index contributed by atoms with van der Waals surface area (Å²) >= 11 is 0. The van der Waals surface area contributed by atoms with Gasteiger partial charge in [0.05, 0.1) is 24.7 Å². The third kappa shape index (κ3) is 2.41. The highest BCUT2D eigenvalue weighted by Crippen LogP contribution is 2.52. The van der Waals surface area contributed by atoms with E-state index in [1.54, 1.807) is 4.90 Å². The molecule has 0 N–H and O–H groups in total. The van der Waals surface area contributed by atoms with Gasteiger partial charge in [-0.05, 0) is 38.0 Å². The Labute approximate surface area is 147 Å². The van der Waals surface area contributed by atoms with Gasteiger partial charge in [-0.2, -0.15) is 0 Å². The number of anilines is 1. The zero-order valence-electron chi connectivity index (χ0n) is 14.8. The molecule has 4 rings (SSSR count). The summed E-state index contributed by atoms with van der Waals surface area (Å²) in [4.78, 5) is 27.4. The van der Waals surface area contributed by atoms with E-state index in [1.165, 1.54) is 5.56 Å². The third-order valence-electron chi connectivity index (χ3n) is 5.38. The number of nitrogens with zero attached hydrogens (tertiary/aromatic N) is 1. The van der Waals surface area contributed by atoms with Crippen LogP contribution in [-0.2, 0) is 25.5 Å². The average Bonchev–Trinajstić information content (AvgIpc) is 3.22. The summed E-state index contributed by atoms with van der Waals surface area (Å²) in [6.45, 7) is 6.17. The van der Waals surface area contributed by atoms with Crippen LogP contribution < -0.4 is 4.90 Å². The van der Waals surface area contributed by atoms with Crippen LogP contribution in [0.3, 0.4) is 0 Å². The van der Waals surface area contributed by atoms with Crippen molar-refractivity contribution in [1.29, 1.82) is 0 Å². The van der Waals surface area contributed by atoms with Crippen molar-refractivity contribution in [3.63, 3.8) is 0 Å². The second-order valence-corrected chi connectivity index (χ2v) is 7.33. The molecule has 0 aromatic heterocycles. The SMILES string of the molecule is CCc1ccc(N2C[C@@]34C=C[C@@H](O3)[C@H](C(=O)OC(C)C)[C@@H]4C2=O)cc1. The first kappa shape index (κ1) is 16.3. The summed E-state index contributed by atoms with van der Waals surface area (Å²) in [6, 6.07) is 8.00. The number of rotatable bonds is 4. The molecule has 2 fully saturated rings. The first-order valence-corrected chi connectivity index (χ1v) is 8.93. The van der Waals surface area contributed by atoms with Crippen molar-refractivity contribution in [3.05, 3.63) is 42.0 Å². The molecule has 1 spiro atoms. The Morgan fingerprint density at radius 3 is 2.72 bits per heavy atom. The van der Waals surface area contributed by atoms with Crippen LogP contribution in [0, 0.1) is 11.8 Å². The highest BCUT2D eigenvalue weighted by atomic mass is 16.6. The van der Waals surface area contributed by atoms with Gasteiger partial charge >= 0.3 is 5.97 Å². The molecular weight excluding hydrogens is 318 g/mol. The molecule has 3 aliphatic rings. The number of amides is 1. The molecule has 4 atom stereocenters. The summed E-state index contributed by atoms with van der Waals surface area (Å²) in [6.07, 6.45) is 4.25. The molecule has 3 heterocycles. The van der Waals surface area contributed by atoms with Gasteiger partial charge < -0.3 is 14.4 Å². The van der Waals surface area contributed by atoms with Gasteiger partial charge in [0, 0.05) is 5.69 Å². The molecule has 0 aliphatic carbocycles. The fraction of sp³-hybridized carbons (Fsp3) is 0.500. The number of aryl methyl sites for hydroxylation is 1. The third-order valence-corrected chi connectivity index (χ3v) is 5.38. The average molecular weight is 341 g/mol. The van der Waals surface area contributed by atoms with Crippen LogP contribution in [0.4, 0.5) is 5.69 Å². The van der Waals surface area contributed by atoms with Crippen molar-refractivity contribution in [1.82, 2.24) is 0 Å². The molecule has 0 radical (unpaired) electrons. The van der Waals surface area contributed by atoms with Gasteiger partial charge in [0.15, 0.2) is 0 Å². The van der Waals surface area contributed by atoms with Gasteiger partial charge in [-0.3, -0.25) is 9.59 Å². The summed E-state index contributed by atoms with van der Waals surface area (Å²) < 4.78 is 11.5. The number of benzene rings is 1. The van der Waals surface area contributed by atoms with Crippen molar-refractivity contribution in [2.75, 3.05) is 11.4 Å². The van der Waals surface area contributed by atoms with Gasteiger partial charge in [0.1, 0.15) is 11.5 Å². The number of carbonyl (C=O) groups is 2. The molecule has 132 valence electrons. The number of fused-ring (bicyclic) bond motifs is 1. The van der Waals surface area contributed by atoms with Crippen molar-refractivity contribution >= 4 is 17.6 Å². The molecule has 1 aromatic rings. The first-order chi connectivity index (χ1) is 11.9. The van der Waals surface area contributed by atoms with E-state index < -0.39 is 17.4 Å². The topological polar surface area (TPSA) is 55.8 Å². The number of hydrogen-bond donors (Lipinski definition) is 0. The molecule has 5 heteroatoms. The maximum Gasteiger partial charge on any atom is 0.313 e. The molecule has 1 aromatic carbocycles. The minimum atomic E-state index is -0.703. The van der Waals surface area contributed by atoms with E-state index in [4.69, 9.17) is 9.47 Å². The number of hydrogen-bond acceptors (Lipinski definition) is 4. The highest BCUT2D eigenvalue weighted by Gasteiger charge is 2.67. The number of ether oxygens (including phenoxy) is 2. The van der Waals surface area contributed by atoms with Crippen LogP contribution in [0.1, 0.15) is 26.3 Å². The summed E-state index contributed by atoms with van der Waals surface area (Å²) in [5.41, 5.74) is 1.37. The molecule has 0 saturated carbocycles. The van der Waals surface area contributed by atoms with Gasteiger partial charge in [0.2, 0.25) is 5.91 Å². The van der Waals surface area contributed by atoms with Gasteiger partial charge in [-0.1, -0.05) is 31.2 Å². The molecule has 0 unspecified atom stereocenters. The monoisotopic (exact) mass is 341 g/mol. The predicted molar refractivity (Wildman–Crippen MR) is 93.1 cm³/mol. The zero-order valence-corrected chi connectivity index (χ0v) is 14.8. The van der Waals surface area contributed by atoms with Gasteiger partial charge in [0.25, 0.3) is 0 Å². The maximum absolute atomic E-state index is 13.1. The first-order valence-electron chi connectivity index (χ1n) is 8.93. The van der Waals surface area contributed by atoms with Crippen LogP contribution in [0.15, 0.2) is 36.4 Å². The van der Waals surface area contributed by atoms with E-state index in [0.29, 0.717) is 6.54 Å². The summed E-state index contributed by atoms with van der Waals surface area (Å²) in [7, 11) is 0. The van der Waals surface area contributed by atoms with Crippen molar-refractivity contribution < 1.29 is 19.1 Å². The molecule has 2 bridgehead atoms. The molecule has 3 aliphatic heterocycles. The van der Waals surface area contributed by atoms with E-state index in [9.17, 15) is 9.59 Å². The highest BCUT2D eigenvalue weighted by molar-refractivity contribution is 6.02. The fourth-order valence-corrected chi connectivity index (χ4v) is 4.21. The van der Waals surface area contributed by atoms with Crippen molar-refractivity contribution in [2.24, 2.45) is 11.8 Å². The van der Waals surface area contributed by atoms with Crippen LogP contribution in [0.2, 0.25) is 0 Å². The Morgan fingerprint density at radius 2 is 2.08 bits per heavy atom. The van der Waals surface area contributed by atoms with E-state index in [0.717, 1.165) is 12.1 Å². The van der Waals surface area contributed by atoms with Crippen molar-refractivity contribution in [3.8, 4) is 0 Å². The van der Waals surface area contributed by atoms with Crippen LogP contribution in [0.25, 0.3) is 0 Å². The number of carbonyl (C=O) groups excluding carboxylic acids is 2. The van der Waals surface area contributed by atoms with E-state index in [1.807, 2.05) is 50.3 Å². The Hall–Kier alpha value is -2.14.